The van der Waals surface area contributed by atoms with Crippen molar-refractivity contribution < 1.29 is 13.4 Å². The van der Waals surface area contributed by atoms with Gasteiger partial charge in [0, 0.05) is 44.5 Å². The van der Waals surface area contributed by atoms with Crippen LogP contribution >= 0.6 is 0 Å². The van der Waals surface area contributed by atoms with Gasteiger partial charge in [0.05, 0.1) is 12.9 Å². The van der Waals surface area contributed by atoms with Crippen LogP contribution in [0.3, 0.4) is 0 Å². The van der Waals surface area contributed by atoms with E-state index in [1.54, 1.807) is 35.2 Å². The second kappa shape index (κ2) is 7.10. The van der Waals surface area contributed by atoms with Crippen molar-refractivity contribution in [3.05, 3.63) is 37.1 Å². The Hall–Kier alpha value is -1.93. The standard InChI is InChI=1S/C15H21N5O2S/c21-23(22,20-9-1-2-10-20)14-4-5-15(18-12-14)17-6-3-8-19-11-7-16-13-19/h4-5,7,11-13H,1-3,6,8-10H2,(H,17,18)/p+1. The van der Waals surface area contributed by atoms with Crippen LogP contribution in [-0.2, 0) is 16.6 Å². The van der Waals surface area contributed by atoms with E-state index in [0.29, 0.717) is 18.0 Å². The zero-order chi connectivity index (χ0) is 16.1. The fraction of sp³-hybridized carbons (Fsp3) is 0.467. The van der Waals surface area contributed by atoms with E-state index >= 15 is 0 Å². The highest BCUT2D eigenvalue weighted by molar-refractivity contribution is 7.89. The summed E-state index contributed by atoms with van der Waals surface area (Å²) in [6.07, 6.45) is 9.90. The molecule has 0 unspecified atom stereocenters. The predicted octanol–water partition coefficient (Wildman–Crippen LogP) is 0.984. The molecule has 0 atom stereocenters. The molecule has 23 heavy (non-hydrogen) atoms. The number of H-pyrrole nitrogens is 1. The van der Waals surface area contributed by atoms with Gasteiger partial charge in [-0.3, -0.25) is 5.32 Å². The average molecular weight is 336 g/mol. The number of imidazole rings is 1. The second-order valence-electron chi connectivity index (χ2n) is 5.63. The molecule has 8 heteroatoms. The number of hydrogen-bond donors (Lipinski definition) is 1. The molecule has 0 saturated carbocycles. The normalized spacial score (nSPS) is 15.8. The van der Waals surface area contributed by atoms with E-state index < -0.39 is 10.0 Å². The highest BCUT2D eigenvalue weighted by Gasteiger charge is 2.27. The Bertz CT molecular complexity index is 707. The molecule has 0 amide bonds. The Labute approximate surface area is 136 Å². The fourth-order valence-electron chi connectivity index (χ4n) is 2.66. The van der Waals surface area contributed by atoms with Gasteiger partial charge in [0.2, 0.25) is 10.0 Å². The minimum Gasteiger partial charge on any atom is -0.337 e. The van der Waals surface area contributed by atoms with Gasteiger partial charge in [-0.2, -0.15) is 4.31 Å². The Kier molecular flexibility index (Phi) is 4.92. The molecule has 0 bridgehead atoms. The molecule has 0 aliphatic carbocycles. The second-order valence-corrected chi connectivity index (χ2v) is 7.57. The number of anilines is 1. The Morgan fingerprint density at radius 1 is 1.26 bits per heavy atom. The van der Waals surface area contributed by atoms with Gasteiger partial charge in [0.25, 0.3) is 5.82 Å². The molecule has 3 rings (SSSR count). The number of pyridine rings is 1. The molecule has 0 radical (unpaired) electrons. The molecule has 0 spiro atoms. The number of rotatable bonds is 7. The Balaban J connectivity index is 1.52. The SMILES string of the molecule is O=S(=O)(c1ccc(NCCCn2ccnc2)[nH+]c1)N1CCCC1. The molecule has 124 valence electrons. The first-order valence-electron chi connectivity index (χ1n) is 7.88. The summed E-state index contributed by atoms with van der Waals surface area (Å²) >= 11 is 0. The summed E-state index contributed by atoms with van der Waals surface area (Å²) in [4.78, 5) is 7.35. The molecule has 1 aliphatic rings. The maximum absolute atomic E-state index is 12.4. The van der Waals surface area contributed by atoms with Crippen LogP contribution in [-0.4, -0.2) is 41.9 Å². The number of nitrogens with zero attached hydrogens (tertiary/aromatic N) is 3. The van der Waals surface area contributed by atoms with Gasteiger partial charge in [0.15, 0.2) is 0 Å². The first-order valence-corrected chi connectivity index (χ1v) is 9.32. The van der Waals surface area contributed by atoms with Crippen molar-refractivity contribution >= 4 is 15.8 Å². The number of aromatic nitrogens is 3. The van der Waals surface area contributed by atoms with E-state index in [2.05, 4.69) is 15.3 Å². The lowest BCUT2D eigenvalue weighted by Crippen LogP contribution is -2.29. The molecule has 0 aromatic carbocycles. The molecular formula is C15H22N5O2S+. The molecule has 1 aliphatic heterocycles. The smallest absolute Gasteiger partial charge is 0.272 e. The van der Waals surface area contributed by atoms with Crippen LogP contribution in [0.2, 0.25) is 0 Å². The van der Waals surface area contributed by atoms with E-state index in [9.17, 15) is 8.42 Å². The van der Waals surface area contributed by atoms with Crippen molar-refractivity contribution in [3.8, 4) is 0 Å². The first kappa shape index (κ1) is 15.9. The summed E-state index contributed by atoms with van der Waals surface area (Å²) in [5.41, 5.74) is 0. The minimum atomic E-state index is -3.35. The zero-order valence-corrected chi connectivity index (χ0v) is 13.8. The number of hydrogen-bond acceptors (Lipinski definition) is 4. The van der Waals surface area contributed by atoms with Crippen molar-refractivity contribution in [1.29, 1.82) is 0 Å². The molecule has 7 nitrogen and oxygen atoms in total. The summed E-state index contributed by atoms with van der Waals surface area (Å²) in [5, 5.41) is 3.26. The molecule has 1 saturated heterocycles. The molecular weight excluding hydrogens is 314 g/mol. The summed E-state index contributed by atoms with van der Waals surface area (Å²) in [6, 6.07) is 3.43. The third-order valence-electron chi connectivity index (χ3n) is 3.95. The molecule has 2 aromatic rings. The maximum atomic E-state index is 12.4. The summed E-state index contributed by atoms with van der Waals surface area (Å²) in [7, 11) is -3.35. The summed E-state index contributed by atoms with van der Waals surface area (Å²) in [6.45, 7) is 2.94. The Morgan fingerprint density at radius 3 is 2.74 bits per heavy atom. The molecule has 2 N–H and O–H groups in total. The van der Waals surface area contributed by atoms with Crippen LogP contribution in [0.15, 0.2) is 41.9 Å². The van der Waals surface area contributed by atoms with Gasteiger partial charge < -0.3 is 4.57 Å². The lowest BCUT2D eigenvalue weighted by atomic mass is 10.4. The first-order chi connectivity index (χ1) is 11.2. The topological polar surface area (TPSA) is 81.4 Å². The van der Waals surface area contributed by atoms with Crippen LogP contribution in [0.4, 0.5) is 5.82 Å². The highest BCUT2D eigenvalue weighted by Crippen LogP contribution is 2.19. The Morgan fingerprint density at radius 2 is 2.09 bits per heavy atom. The van der Waals surface area contributed by atoms with Crippen molar-refractivity contribution in [1.82, 2.24) is 13.9 Å². The van der Waals surface area contributed by atoms with Crippen LogP contribution in [0.5, 0.6) is 0 Å². The van der Waals surface area contributed by atoms with Gasteiger partial charge >= 0.3 is 0 Å². The van der Waals surface area contributed by atoms with E-state index in [1.165, 1.54) is 0 Å². The third kappa shape index (κ3) is 3.89. The van der Waals surface area contributed by atoms with Crippen LogP contribution in [0, 0.1) is 0 Å². The number of nitrogens with one attached hydrogen (secondary N) is 2. The van der Waals surface area contributed by atoms with Gasteiger partial charge in [-0.25, -0.2) is 18.4 Å². The molecule has 3 heterocycles. The predicted molar refractivity (Wildman–Crippen MR) is 86.3 cm³/mol. The quantitative estimate of drug-likeness (QED) is 0.764. The third-order valence-corrected chi connectivity index (χ3v) is 5.85. The van der Waals surface area contributed by atoms with Gasteiger partial charge in [-0.1, -0.05) is 0 Å². The zero-order valence-electron chi connectivity index (χ0n) is 13.0. The van der Waals surface area contributed by atoms with Crippen molar-refractivity contribution in [2.75, 3.05) is 25.0 Å². The van der Waals surface area contributed by atoms with Gasteiger partial charge in [-0.15, -0.1) is 0 Å². The van der Waals surface area contributed by atoms with Gasteiger partial charge in [0.1, 0.15) is 11.1 Å². The average Bonchev–Trinajstić information content (AvgIpc) is 3.25. The van der Waals surface area contributed by atoms with Gasteiger partial charge in [-0.05, 0) is 18.9 Å². The van der Waals surface area contributed by atoms with Crippen molar-refractivity contribution in [2.24, 2.45) is 0 Å². The number of sulfonamides is 1. The largest absolute Gasteiger partial charge is 0.337 e. The van der Waals surface area contributed by atoms with Crippen molar-refractivity contribution in [3.63, 3.8) is 0 Å². The van der Waals surface area contributed by atoms with E-state index in [-0.39, 0.29) is 0 Å². The van der Waals surface area contributed by atoms with E-state index in [0.717, 1.165) is 38.2 Å². The molecule has 1 fully saturated rings. The number of aromatic amines is 1. The maximum Gasteiger partial charge on any atom is 0.272 e. The monoisotopic (exact) mass is 336 g/mol. The minimum absolute atomic E-state index is 0.323. The van der Waals surface area contributed by atoms with Crippen molar-refractivity contribution in [2.45, 2.75) is 30.7 Å². The summed E-state index contributed by atoms with van der Waals surface area (Å²) < 4.78 is 28.4. The van der Waals surface area contributed by atoms with Crippen LogP contribution < -0.4 is 10.3 Å². The molecule has 2 aromatic heterocycles. The number of aryl methyl sites for hydroxylation is 1. The highest BCUT2D eigenvalue weighted by atomic mass is 32.2. The fourth-order valence-corrected chi connectivity index (χ4v) is 4.15. The van der Waals surface area contributed by atoms with E-state index in [4.69, 9.17) is 0 Å². The van der Waals surface area contributed by atoms with Crippen LogP contribution in [0.25, 0.3) is 0 Å². The van der Waals surface area contributed by atoms with E-state index in [1.807, 2.05) is 10.8 Å². The lowest BCUT2D eigenvalue weighted by molar-refractivity contribution is -0.364. The van der Waals surface area contributed by atoms with Crippen LogP contribution in [0.1, 0.15) is 19.3 Å². The summed E-state index contributed by atoms with van der Waals surface area (Å²) in [5.74, 6) is 0.816. The lowest BCUT2D eigenvalue weighted by Gasteiger charge is -2.14.